The number of aliphatic hydroxyl groups is 1. The van der Waals surface area contributed by atoms with Crippen LogP contribution in [0.25, 0.3) is 0 Å². The van der Waals surface area contributed by atoms with Crippen molar-refractivity contribution >= 4 is 0 Å². The summed E-state index contributed by atoms with van der Waals surface area (Å²) in [7, 11) is 2.00. The highest BCUT2D eigenvalue weighted by Crippen LogP contribution is 2.05. The van der Waals surface area contributed by atoms with E-state index in [1.165, 1.54) is 13.1 Å². The van der Waals surface area contributed by atoms with Crippen molar-refractivity contribution < 1.29 is 13.9 Å². The van der Waals surface area contributed by atoms with Gasteiger partial charge in [0.05, 0.1) is 7.18 Å². The maximum Gasteiger partial charge on any atom is 0.126 e. The van der Waals surface area contributed by atoms with Crippen LogP contribution in [0.3, 0.4) is 0 Å². The minimum atomic E-state index is -0.239. The van der Waals surface area contributed by atoms with E-state index in [0.717, 1.165) is 0 Å². The molecule has 0 aromatic heterocycles. The van der Waals surface area contributed by atoms with Gasteiger partial charge in [-0.3, -0.25) is 4.39 Å². The molecule has 3 N–H and O–H groups in total. The van der Waals surface area contributed by atoms with E-state index >= 15 is 0 Å². The number of alkyl halides is 1. The number of hydrogen-bond donors (Lipinski definition) is 2. The zero-order chi connectivity index (χ0) is 11.4. The molecule has 0 aliphatic rings. The highest BCUT2D eigenvalue weighted by atomic mass is 19.1. The summed E-state index contributed by atoms with van der Waals surface area (Å²) in [4.78, 5) is 0. The van der Waals surface area contributed by atoms with Gasteiger partial charge < -0.3 is 10.8 Å². The van der Waals surface area contributed by atoms with Crippen LogP contribution in [0.2, 0.25) is 0 Å². The summed E-state index contributed by atoms with van der Waals surface area (Å²) in [5, 5.41) is 8.48. The van der Waals surface area contributed by atoms with E-state index in [-0.39, 0.29) is 12.4 Å². The minimum absolute atomic E-state index is 0.000926. The van der Waals surface area contributed by atoms with Crippen molar-refractivity contribution in [3.8, 4) is 0 Å². The third-order valence-electron chi connectivity index (χ3n) is 1.34. The number of halogens is 2. The van der Waals surface area contributed by atoms with Gasteiger partial charge in [-0.1, -0.05) is 18.2 Å². The Labute approximate surface area is 83.4 Å². The molecule has 14 heavy (non-hydrogen) atoms. The largest absolute Gasteiger partial charge is 0.396 e. The first kappa shape index (κ1) is 15.5. The van der Waals surface area contributed by atoms with E-state index in [1.54, 1.807) is 18.2 Å². The van der Waals surface area contributed by atoms with Crippen LogP contribution in [0.15, 0.2) is 24.3 Å². The van der Waals surface area contributed by atoms with Crippen LogP contribution in [0.1, 0.15) is 5.56 Å². The van der Waals surface area contributed by atoms with Gasteiger partial charge in [-0.15, -0.1) is 0 Å². The van der Waals surface area contributed by atoms with Crippen LogP contribution in [0.5, 0.6) is 0 Å². The van der Waals surface area contributed by atoms with Crippen molar-refractivity contribution in [2.75, 3.05) is 20.8 Å². The quantitative estimate of drug-likeness (QED) is 0.769. The van der Waals surface area contributed by atoms with Crippen LogP contribution in [-0.4, -0.2) is 25.9 Å². The fraction of sp³-hybridized carbons (Fsp3) is 0.400. The van der Waals surface area contributed by atoms with E-state index in [0.29, 0.717) is 19.2 Å². The van der Waals surface area contributed by atoms with Gasteiger partial charge in [-0.2, -0.15) is 0 Å². The standard InChI is InChI=1S/C8H9FO.CH3F.CH5N/c9-8-4-2-1-3-7(8)5-6-10;2*1-2/h1-4,10H,5-6H2;1H3;2H2,1H3. The predicted octanol–water partition coefficient (Wildman–Crippen LogP) is 1.52. The van der Waals surface area contributed by atoms with Crippen LogP contribution in [-0.2, 0) is 6.42 Å². The monoisotopic (exact) mass is 205 g/mol. The van der Waals surface area contributed by atoms with Crippen LogP contribution >= 0.6 is 0 Å². The second-order valence-electron chi connectivity index (χ2n) is 2.07. The van der Waals surface area contributed by atoms with E-state index in [1.807, 2.05) is 0 Å². The minimum Gasteiger partial charge on any atom is -0.396 e. The Kier molecular flexibility index (Phi) is 13.3. The summed E-state index contributed by atoms with van der Waals surface area (Å²) < 4.78 is 22.2. The molecule has 0 radical (unpaired) electrons. The zero-order valence-corrected chi connectivity index (χ0v) is 8.50. The summed E-state index contributed by atoms with van der Waals surface area (Å²) in [6, 6.07) is 6.46. The second-order valence-corrected chi connectivity index (χ2v) is 2.07. The molecule has 0 amide bonds. The first-order valence-corrected chi connectivity index (χ1v) is 4.14. The highest BCUT2D eigenvalue weighted by Gasteiger charge is 1.96. The molecule has 1 aromatic carbocycles. The summed E-state index contributed by atoms with van der Waals surface area (Å²) in [5.41, 5.74) is 5.07. The first-order valence-electron chi connectivity index (χ1n) is 4.14. The molecule has 0 unspecified atom stereocenters. The molecular weight excluding hydrogens is 188 g/mol. The lowest BCUT2D eigenvalue weighted by Gasteiger charge is -1.97. The van der Waals surface area contributed by atoms with Crippen molar-refractivity contribution in [3.05, 3.63) is 35.6 Å². The van der Waals surface area contributed by atoms with Gasteiger partial charge in [0.15, 0.2) is 0 Å². The number of hydrogen-bond acceptors (Lipinski definition) is 2. The highest BCUT2D eigenvalue weighted by molar-refractivity contribution is 5.17. The van der Waals surface area contributed by atoms with E-state index < -0.39 is 0 Å². The molecule has 2 nitrogen and oxygen atoms in total. The lowest BCUT2D eigenvalue weighted by molar-refractivity contribution is 0.297. The van der Waals surface area contributed by atoms with Gasteiger partial charge in [0, 0.05) is 6.61 Å². The Morgan fingerprint density at radius 1 is 1.21 bits per heavy atom. The maximum atomic E-state index is 12.7. The number of benzene rings is 1. The van der Waals surface area contributed by atoms with Crippen molar-refractivity contribution in [3.63, 3.8) is 0 Å². The third kappa shape index (κ3) is 6.51. The van der Waals surface area contributed by atoms with Gasteiger partial charge in [0.1, 0.15) is 5.82 Å². The lowest BCUT2D eigenvalue weighted by Crippen LogP contribution is -1.93. The molecule has 1 rings (SSSR count). The van der Waals surface area contributed by atoms with E-state index in [9.17, 15) is 8.78 Å². The number of rotatable bonds is 2. The molecule has 1 aromatic rings. The maximum absolute atomic E-state index is 12.7. The molecule has 0 fully saturated rings. The summed E-state index contributed by atoms with van der Waals surface area (Å²) in [5.74, 6) is -0.239. The van der Waals surface area contributed by atoms with E-state index in [2.05, 4.69) is 5.73 Å². The molecule has 4 heteroatoms. The van der Waals surface area contributed by atoms with E-state index in [4.69, 9.17) is 5.11 Å². The first-order chi connectivity index (χ1) is 6.84. The zero-order valence-electron chi connectivity index (χ0n) is 8.50. The third-order valence-corrected chi connectivity index (χ3v) is 1.34. The molecule has 82 valence electrons. The molecule has 0 saturated carbocycles. The fourth-order valence-corrected chi connectivity index (χ4v) is 0.822. The van der Waals surface area contributed by atoms with Gasteiger partial charge in [0.2, 0.25) is 0 Å². The predicted molar refractivity (Wildman–Crippen MR) is 54.3 cm³/mol. The molecule has 0 atom stereocenters. The SMILES string of the molecule is CF.CN.OCCc1ccccc1F. The Hall–Kier alpha value is -1.00. The average Bonchev–Trinajstić information content (AvgIpc) is 2.28. The topological polar surface area (TPSA) is 46.2 Å². The van der Waals surface area contributed by atoms with Crippen molar-refractivity contribution in [2.24, 2.45) is 5.73 Å². The van der Waals surface area contributed by atoms with Gasteiger partial charge in [-0.25, -0.2) is 4.39 Å². The molecule has 0 heterocycles. The molecule has 0 aliphatic carbocycles. The normalized spacial score (nSPS) is 7.86. The van der Waals surface area contributed by atoms with Crippen molar-refractivity contribution in [2.45, 2.75) is 6.42 Å². The van der Waals surface area contributed by atoms with Crippen molar-refractivity contribution in [1.82, 2.24) is 0 Å². The summed E-state index contributed by atoms with van der Waals surface area (Å²) in [6.45, 7) is 0.000926. The lowest BCUT2D eigenvalue weighted by atomic mass is 10.1. The van der Waals surface area contributed by atoms with Crippen molar-refractivity contribution in [1.29, 1.82) is 0 Å². The smallest absolute Gasteiger partial charge is 0.126 e. The number of aliphatic hydroxyl groups excluding tert-OH is 1. The molecule has 0 bridgehead atoms. The Morgan fingerprint density at radius 3 is 2.14 bits per heavy atom. The Balaban J connectivity index is 0. The van der Waals surface area contributed by atoms with Crippen LogP contribution in [0, 0.1) is 5.82 Å². The number of nitrogens with two attached hydrogens (primary N) is 1. The fourth-order valence-electron chi connectivity index (χ4n) is 0.822. The van der Waals surface area contributed by atoms with Gasteiger partial charge >= 0.3 is 0 Å². The Morgan fingerprint density at radius 2 is 1.71 bits per heavy atom. The molecular formula is C10H17F2NO. The Bertz CT molecular complexity index is 219. The second kappa shape index (κ2) is 12.0. The van der Waals surface area contributed by atoms with Crippen LogP contribution in [0.4, 0.5) is 8.78 Å². The van der Waals surface area contributed by atoms with Gasteiger partial charge in [-0.05, 0) is 25.1 Å². The average molecular weight is 205 g/mol. The molecule has 0 aliphatic heterocycles. The summed E-state index contributed by atoms with van der Waals surface area (Å²) in [6.07, 6.45) is 0.396. The molecule has 0 spiro atoms. The van der Waals surface area contributed by atoms with Gasteiger partial charge in [0.25, 0.3) is 0 Å². The molecule has 0 saturated heterocycles. The van der Waals surface area contributed by atoms with Crippen LogP contribution < -0.4 is 5.73 Å². The summed E-state index contributed by atoms with van der Waals surface area (Å²) >= 11 is 0.